The molecule has 2 rings (SSSR count). The molecule has 0 atom stereocenters. The van der Waals surface area contributed by atoms with E-state index in [0.29, 0.717) is 0 Å². The molecule has 0 aromatic heterocycles. The van der Waals surface area contributed by atoms with Crippen molar-refractivity contribution in [2.45, 2.75) is 32.1 Å². The lowest BCUT2D eigenvalue weighted by atomic mass is 10.0. The Kier molecular flexibility index (Phi) is 5.17. The zero-order valence-corrected chi connectivity index (χ0v) is 12.2. The van der Waals surface area contributed by atoms with Gasteiger partial charge in [-0.25, -0.2) is 0 Å². The van der Waals surface area contributed by atoms with E-state index in [4.69, 9.17) is 11.6 Å². The molecule has 1 aliphatic rings. The Labute approximate surface area is 113 Å². The molecule has 86 valence electrons. The average molecular weight is 348 g/mol. The van der Waals surface area contributed by atoms with Crippen LogP contribution in [-0.4, -0.2) is 0 Å². The summed E-state index contributed by atoms with van der Waals surface area (Å²) in [6, 6.07) is 10.7. The van der Waals surface area contributed by atoms with Crippen molar-refractivity contribution in [1.82, 2.24) is 0 Å². The van der Waals surface area contributed by atoms with E-state index < -0.39 is 0 Å². The van der Waals surface area contributed by atoms with Gasteiger partial charge < -0.3 is 0 Å². The highest BCUT2D eigenvalue weighted by atomic mass is 127. The summed E-state index contributed by atoms with van der Waals surface area (Å²) in [6.07, 6.45) is 6.70. The maximum absolute atomic E-state index is 6.30. The summed E-state index contributed by atoms with van der Waals surface area (Å²) >= 11 is 6.27. The summed E-state index contributed by atoms with van der Waals surface area (Å²) in [4.78, 5) is 0. The van der Waals surface area contributed by atoms with Crippen LogP contribution in [0.2, 0.25) is 0 Å². The summed E-state index contributed by atoms with van der Waals surface area (Å²) in [6.45, 7) is 0. The van der Waals surface area contributed by atoms with E-state index in [0.717, 1.165) is 17.4 Å². The van der Waals surface area contributed by atoms with Crippen LogP contribution >= 0.6 is 11.6 Å². The standard InChI is InChI=1S/C14H17ClI/c15-13(10-12-6-4-5-7-12)11-16-14-8-2-1-3-9-14/h1-3,8-9,11-12H,4-7,10H2/q+1/b13-11-. The van der Waals surface area contributed by atoms with Crippen LogP contribution in [0.3, 0.4) is 0 Å². The van der Waals surface area contributed by atoms with Gasteiger partial charge in [-0.15, -0.1) is 0 Å². The normalized spacial score (nSPS) is 17.9. The largest absolute Gasteiger partial charge is 0.350 e. The Bertz CT molecular complexity index is 339. The van der Waals surface area contributed by atoms with Gasteiger partial charge in [0.25, 0.3) is 0 Å². The fourth-order valence-electron chi connectivity index (χ4n) is 2.14. The minimum atomic E-state index is -0.0296. The van der Waals surface area contributed by atoms with Gasteiger partial charge in [0.2, 0.25) is 0 Å². The second-order valence-electron chi connectivity index (χ2n) is 4.32. The van der Waals surface area contributed by atoms with Crippen LogP contribution in [0, 0.1) is 9.49 Å². The lowest BCUT2D eigenvalue weighted by molar-refractivity contribution is -0.557. The third-order valence-electron chi connectivity index (χ3n) is 2.99. The van der Waals surface area contributed by atoms with Crippen LogP contribution in [0.1, 0.15) is 32.1 Å². The maximum atomic E-state index is 6.30. The van der Waals surface area contributed by atoms with E-state index in [1.54, 1.807) is 0 Å². The molecule has 1 saturated carbocycles. The molecule has 0 heterocycles. The first-order valence-corrected chi connectivity index (χ1v) is 8.58. The van der Waals surface area contributed by atoms with Gasteiger partial charge in [0.1, 0.15) is 0 Å². The molecule has 0 aliphatic heterocycles. The molecular formula is C14H17ClI+. The predicted octanol–water partition coefficient (Wildman–Crippen LogP) is 1.61. The summed E-state index contributed by atoms with van der Waals surface area (Å²) < 4.78 is 3.74. The molecule has 0 nitrogen and oxygen atoms in total. The minimum absolute atomic E-state index is 0.0296. The summed E-state index contributed by atoms with van der Waals surface area (Å²) in [7, 11) is 0. The van der Waals surface area contributed by atoms with Crippen molar-refractivity contribution in [2.24, 2.45) is 5.92 Å². The molecule has 0 N–H and O–H groups in total. The number of hydrogen-bond acceptors (Lipinski definition) is 0. The molecule has 16 heavy (non-hydrogen) atoms. The van der Waals surface area contributed by atoms with Crippen LogP contribution in [0.15, 0.2) is 39.4 Å². The van der Waals surface area contributed by atoms with Crippen molar-refractivity contribution in [3.05, 3.63) is 43.0 Å². The Hall–Kier alpha value is -0.0200. The third-order valence-corrected chi connectivity index (χ3v) is 6.12. The van der Waals surface area contributed by atoms with Crippen molar-refractivity contribution in [1.29, 1.82) is 0 Å². The second kappa shape index (κ2) is 6.65. The van der Waals surface area contributed by atoms with Crippen LogP contribution in [-0.2, 0) is 0 Å². The highest BCUT2D eigenvalue weighted by Crippen LogP contribution is 2.30. The molecule has 2 heteroatoms. The van der Waals surface area contributed by atoms with Gasteiger partial charge in [0, 0.05) is 0 Å². The van der Waals surface area contributed by atoms with Crippen LogP contribution < -0.4 is 21.2 Å². The highest BCUT2D eigenvalue weighted by Gasteiger charge is 2.17. The molecular weight excluding hydrogens is 331 g/mol. The van der Waals surface area contributed by atoms with E-state index in [9.17, 15) is 0 Å². The molecule has 0 amide bonds. The van der Waals surface area contributed by atoms with Crippen molar-refractivity contribution >= 4 is 11.6 Å². The highest BCUT2D eigenvalue weighted by molar-refractivity contribution is 6.29. The van der Waals surface area contributed by atoms with Crippen LogP contribution in [0.5, 0.6) is 0 Å². The fourth-order valence-corrected chi connectivity index (χ4v) is 4.42. The smallest absolute Gasteiger partial charge is 0.0849 e. The molecule has 1 aromatic carbocycles. The Balaban J connectivity index is 1.82. The van der Waals surface area contributed by atoms with E-state index in [1.165, 1.54) is 29.3 Å². The number of halogens is 2. The molecule has 1 aliphatic carbocycles. The monoisotopic (exact) mass is 347 g/mol. The van der Waals surface area contributed by atoms with Gasteiger partial charge >= 0.3 is 21.2 Å². The lowest BCUT2D eigenvalue weighted by Crippen LogP contribution is -3.59. The summed E-state index contributed by atoms with van der Waals surface area (Å²) in [5.41, 5.74) is 0. The predicted molar refractivity (Wildman–Crippen MR) is 65.7 cm³/mol. The van der Waals surface area contributed by atoms with Crippen molar-refractivity contribution < 1.29 is 21.2 Å². The molecule has 0 spiro atoms. The van der Waals surface area contributed by atoms with Gasteiger partial charge in [0.15, 0.2) is 7.65 Å². The molecule has 0 unspecified atom stereocenters. The fraction of sp³-hybridized carbons (Fsp3) is 0.429. The number of hydrogen-bond donors (Lipinski definition) is 0. The topological polar surface area (TPSA) is 0 Å². The number of benzene rings is 1. The molecule has 0 bridgehead atoms. The minimum Gasteiger partial charge on any atom is -0.0849 e. The Morgan fingerprint density at radius 2 is 1.94 bits per heavy atom. The molecule has 1 fully saturated rings. The van der Waals surface area contributed by atoms with Crippen molar-refractivity contribution in [2.75, 3.05) is 0 Å². The Morgan fingerprint density at radius 1 is 1.25 bits per heavy atom. The van der Waals surface area contributed by atoms with E-state index >= 15 is 0 Å². The molecule has 1 aromatic rings. The van der Waals surface area contributed by atoms with Crippen molar-refractivity contribution in [3.8, 4) is 0 Å². The van der Waals surface area contributed by atoms with E-state index in [-0.39, 0.29) is 21.2 Å². The van der Waals surface area contributed by atoms with E-state index in [2.05, 4.69) is 34.4 Å². The summed E-state index contributed by atoms with van der Waals surface area (Å²) in [5.74, 6) is 0.864. The maximum Gasteiger partial charge on any atom is 0.350 e. The Morgan fingerprint density at radius 3 is 2.62 bits per heavy atom. The average Bonchev–Trinajstić information content (AvgIpc) is 2.81. The van der Waals surface area contributed by atoms with Gasteiger partial charge in [-0.1, -0.05) is 55.5 Å². The zero-order chi connectivity index (χ0) is 11.2. The first-order valence-electron chi connectivity index (χ1n) is 5.87. The number of allylic oxidation sites excluding steroid dienone is 1. The first-order chi connectivity index (χ1) is 7.84. The zero-order valence-electron chi connectivity index (χ0n) is 9.33. The summed E-state index contributed by atoms with van der Waals surface area (Å²) in [5, 5.41) is 1.10. The first kappa shape index (κ1) is 12.4. The van der Waals surface area contributed by atoms with Gasteiger partial charge in [-0.3, -0.25) is 0 Å². The van der Waals surface area contributed by atoms with Crippen LogP contribution in [0.4, 0.5) is 0 Å². The quantitative estimate of drug-likeness (QED) is 0.726. The molecule has 0 saturated heterocycles. The van der Waals surface area contributed by atoms with Crippen LogP contribution in [0.25, 0.3) is 0 Å². The van der Waals surface area contributed by atoms with Crippen molar-refractivity contribution in [3.63, 3.8) is 0 Å². The van der Waals surface area contributed by atoms with Gasteiger partial charge in [0.05, 0.1) is 5.03 Å². The second-order valence-corrected chi connectivity index (χ2v) is 7.29. The molecule has 0 radical (unpaired) electrons. The number of rotatable bonds is 4. The van der Waals surface area contributed by atoms with Gasteiger partial charge in [-0.05, 0) is 24.5 Å². The van der Waals surface area contributed by atoms with E-state index in [1.807, 2.05) is 0 Å². The third kappa shape index (κ3) is 4.10. The van der Waals surface area contributed by atoms with Gasteiger partial charge in [-0.2, -0.15) is 0 Å². The SMILES string of the molecule is Cl/C(=C\[I+]c1ccccc1)CC1CCCC1. The lowest BCUT2D eigenvalue weighted by Gasteiger charge is -2.04.